The minimum atomic E-state index is -0.549. The molecule has 0 amide bonds. The van der Waals surface area contributed by atoms with Gasteiger partial charge in [0.25, 0.3) is 0 Å². The zero-order valence-electron chi connectivity index (χ0n) is 8.05. The zero-order valence-corrected chi connectivity index (χ0v) is 8.87. The van der Waals surface area contributed by atoms with Crippen LogP contribution in [0.1, 0.15) is 10.4 Å². The van der Waals surface area contributed by atoms with Crippen molar-refractivity contribution in [3.05, 3.63) is 35.9 Å². The molecule has 0 radical (unpaired) electrons. The molecule has 3 nitrogen and oxygen atoms in total. The third kappa shape index (κ3) is 1.96. The fraction of sp³-hybridized carbons (Fsp3) is 0.273. The molecule has 2 N–H and O–H groups in total. The first kappa shape index (κ1) is 10.4. The number of thioether (sulfide) groups is 1. The van der Waals surface area contributed by atoms with E-state index in [4.69, 9.17) is 5.73 Å². The van der Waals surface area contributed by atoms with E-state index in [1.54, 1.807) is 24.3 Å². The van der Waals surface area contributed by atoms with Crippen LogP contribution in [0, 0.1) is 5.92 Å². The number of rotatable bonds is 2. The van der Waals surface area contributed by atoms with E-state index in [9.17, 15) is 9.59 Å². The van der Waals surface area contributed by atoms with Gasteiger partial charge in [-0.05, 0) is 0 Å². The molecule has 1 aromatic rings. The quantitative estimate of drug-likeness (QED) is 0.600. The Morgan fingerprint density at radius 3 is 2.53 bits per heavy atom. The van der Waals surface area contributed by atoms with Gasteiger partial charge in [0, 0.05) is 11.3 Å². The number of Topliss-reactive ketones (excluding diaryl/α,β-unsaturated/α-hetero) is 2. The summed E-state index contributed by atoms with van der Waals surface area (Å²) in [6.45, 7) is 0. The number of benzene rings is 1. The van der Waals surface area contributed by atoms with Crippen LogP contribution in [-0.2, 0) is 4.79 Å². The Balaban J connectivity index is 2.20. The van der Waals surface area contributed by atoms with Gasteiger partial charge in [-0.25, -0.2) is 0 Å². The predicted octanol–water partition coefficient (Wildman–Crippen LogP) is 1.09. The molecule has 4 heteroatoms. The van der Waals surface area contributed by atoms with Crippen LogP contribution in [-0.4, -0.2) is 22.7 Å². The topological polar surface area (TPSA) is 60.2 Å². The first-order valence-corrected chi connectivity index (χ1v) is 5.75. The van der Waals surface area contributed by atoms with E-state index in [0.29, 0.717) is 11.3 Å². The minimum Gasteiger partial charge on any atom is -0.313 e. The highest BCUT2D eigenvalue weighted by Gasteiger charge is 2.37. The molecule has 15 heavy (non-hydrogen) atoms. The molecule has 2 atom stereocenters. The number of hydrogen-bond donors (Lipinski definition) is 1. The van der Waals surface area contributed by atoms with E-state index < -0.39 is 11.3 Å². The van der Waals surface area contributed by atoms with Gasteiger partial charge in [-0.15, -0.1) is 11.8 Å². The monoisotopic (exact) mass is 221 g/mol. The van der Waals surface area contributed by atoms with Crippen LogP contribution in [0.3, 0.4) is 0 Å². The van der Waals surface area contributed by atoms with Crippen molar-refractivity contribution >= 4 is 23.3 Å². The fourth-order valence-electron chi connectivity index (χ4n) is 1.57. The zero-order chi connectivity index (χ0) is 10.8. The Morgan fingerprint density at radius 2 is 2.00 bits per heavy atom. The summed E-state index contributed by atoms with van der Waals surface area (Å²) in [6.07, 6.45) is 0. The molecular weight excluding hydrogens is 210 g/mol. The maximum Gasteiger partial charge on any atom is 0.174 e. The van der Waals surface area contributed by atoms with Crippen molar-refractivity contribution < 1.29 is 9.59 Å². The molecule has 1 fully saturated rings. The second kappa shape index (κ2) is 4.16. The van der Waals surface area contributed by atoms with Gasteiger partial charge in [0.15, 0.2) is 11.6 Å². The molecule has 0 spiro atoms. The standard InChI is InChI=1S/C11H11NO2S/c12-11-10(14)8(6-15-11)9(13)7-4-2-1-3-5-7/h1-5,8,11H,6,12H2. The van der Waals surface area contributed by atoms with Gasteiger partial charge in [-0.2, -0.15) is 0 Å². The second-order valence-electron chi connectivity index (χ2n) is 3.44. The van der Waals surface area contributed by atoms with Crippen LogP contribution in [0.15, 0.2) is 30.3 Å². The molecule has 1 saturated heterocycles. The molecule has 0 aliphatic carbocycles. The molecule has 0 aromatic heterocycles. The Hall–Kier alpha value is -1.13. The summed E-state index contributed by atoms with van der Waals surface area (Å²) < 4.78 is 0. The van der Waals surface area contributed by atoms with Gasteiger partial charge in [0.2, 0.25) is 0 Å². The lowest BCUT2D eigenvalue weighted by Crippen LogP contribution is -2.30. The van der Waals surface area contributed by atoms with E-state index >= 15 is 0 Å². The lowest BCUT2D eigenvalue weighted by molar-refractivity contribution is -0.119. The Labute approximate surface area is 92.0 Å². The fourth-order valence-corrected chi connectivity index (χ4v) is 2.61. The Kier molecular flexibility index (Phi) is 2.88. The van der Waals surface area contributed by atoms with E-state index in [-0.39, 0.29) is 11.6 Å². The highest BCUT2D eigenvalue weighted by atomic mass is 32.2. The van der Waals surface area contributed by atoms with Crippen molar-refractivity contribution in [3.63, 3.8) is 0 Å². The molecule has 1 aliphatic rings. The number of hydrogen-bond acceptors (Lipinski definition) is 4. The van der Waals surface area contributed by atoms with E-state index in [2.05, 4.69) is 0 Å². The average Bonchev–Trinajstić information content (AvgIpc) is 2.60. The van der Waals surface area contributed by atoms with Gasteiger partial charge in [0.1, 0.15) is 5.37 Å². The predicted molar refractivity (Wildman–Crippen MR) is 59.7 cm³/mol. The van der Waals surface area contributed by atoms with Crippen molar-refractivity contribution in [2.45, 2.75) is 5.37 Å². The maximum absolute atomic E-state index is 11.9. The van der Waals surface area contributed by atoms with Crippen LogP contribution < -0.4 is 5.73 Å². The largest absolute Gasteiger partial charge is 0.313 e. The SMILES string of the molecule is NC1SCC(C(=O)c2ccccc2)C1=O. The summed E-state index contributed by atoms with van der Waals surface area (Å²) in [7, 11) is 0. The van der Waals surface area contributed by atoms with Gasteiger partial charge in [-0.3, -0.25) is 9.59 Å². The van der Waals surface area contributed by atoms with Gasteiger partial charge in [0.05, 0.1) is 5.92 Å². The summed E-state index contributed by atoms with van der Waals surface area (Å²) in [6, 6.07) is 8.88. The lowest BCUT2D eigenvalue weighted by atomic mass is 9.95. The van der Waals surface area contributed by atoms with Crippen LogP contribution in [0.4, 0.5) is 0 Å². The Morgan fingerprint density at radius 1 is 1.33 bits per heavy atom. The normalized spacial score (nSPS) is 25.5. The smallest absolute Gasteiger partial charge is 0.174 e. The lowest BCUT2D eigenvalue weighted by Gasteiger charge is -2.06. The maximum atomic E-state index is 11.9. The Bertz CT molecular complexity index is 391. The number of carbonyl (C=O) groups excluding carboxylic acids is 2. The first-order valence-electron chi connectivity index (χ1n) is 4.70. The average molecular weight is 221 g/mol. The number of carbonyl (C=O) groups is 2. The summed E-state index contributed by atoms with van der Waals surface area (Å²) in [5.74, 6) is -0.296. The third-order valence-electron chi connectivity index (χ3n) is 2.44. The van der Waals surface area contributed by atoms with E-state index in [0.717, 1.165) is 0 Å². The van der Waals surface area contributed by atoms with Crippen LogP contribution in [0.25, 0.3) is 0 Å². The van der Waals surface area contributed by atoms with Crippen LogP contribution >= 0.6 is 11.8 Å². The summed E-state index contributed by atoms with van der Waals surface area (Å²) in [5.41, 5.74) is 6.13. The van der Waals surface area contributed by atoms with Crippen LogP contribution in [0.2, 0.25) is 0 Å². The number of ketones is 2. The summed E-state index contributed by atoms with van der Waals surface area (Å²) in [4.78, 5) is 23.5. The highest BCUT2D eigenvalue weighted by Crippen LogP contribution is 2.27. The highest BCUT2D eigenvalue weighted by molar-refractivity contribution is 8.01. The molecule has 1 aliphatic heterocycles. The van der Waals surface area contributed by atoms with Crippen molar-refractivity contribution in [2.24, 2.45) is 11.7 Å². The van der Waals surface area contributed by atoms with Gasteiger partial charge in [-0.1, -0.05) is 30.3 Å². The number of nitrogens with two attached hydrogens (primary N) is 1. The molecule has 0 saturated carbocycles. The van der Waals surface area contributed by atoms with E-state index in [1.807, 2.05) is 6.07 Å². The molecule has 78 valence electrons. The molecule has 1 heterocycles. The van der Waals surface area contributed by atoms with Crippen molar-refractivity contribution in [2.75, 3.05) is 5.75 Å². The third-order valence-corrected chi connectivity index (χ3v) is 3.56. The second-order valence-corrected chi connectivity index (χ2v) is 4.61. The van der Waals surface area contributed by atoms with Crippen molar-refractivity contribution in [1.29, 1.82) is 0 Å². The molecule has 2 rings (SSSR count). The first-order chi connectivity index (χ1) is 7.20. The van der Waals surface area contributed by atoms with Crippen LogP contribution in [0.5, 0.6) is 0 Å². The van der Waals surface area contributed by atoms with Gasteiger partial charge >= 0.3 is 0 Å². The minimum absolute atomic E-state index is 0.110. The molecule has 0 bridgehead atoms. The van der Waals surface area contributed by atoms with E-state index in [1.165, 1.54) is 11.8 Å². The summed E-state index contributed by atoms with van der Waals surface area (Å²) >= 11 is 1.34. The van der Waals surface area contributed by atoms with Crippen molar-refractivity contribution in [1.82, 2.24) is 0 Å². The molecular formula is C11H11NO2S. The van der Waals surface area contributed by atoms with Crippen molar-refractivity contribution in [3.8, 4) is 0 Å². The molecule has 1 aromatic carbocycles. The summed E-state index contributed by atoms with van der Waals surface area (Å²) in [5, 5.41) is -0.525. The molecule has 2 unspecified atom stereocenters. The van der Waals surface area contributed by atoms with Gasteiger partial charge < -0.3 is 5.73 Å².